The van der Waals surface area contributed by atoms with E-state index in [1.54, 1.807) is 60.7 Å². The Balaban J connectivity index is 1.40. The van der Waals surface area contributed by atoms with Gasteiger partial charge in [0.05, 0.1) is 16.8 Å². The first-order valence-corrected chi connectivity index (χ1v) is 11.3. The van der Waals surface area contributed by atoms with Crippen molar-refractivity contribution in [3.63, 3.8) is 0 Å². The van der Waals surface area contributed by atoms with Gasteiger partial charge in [-0.15, -0.1) is 0 Å². The molecule has 2 aliphatic rings. The van der Waals surface area contributed by atoms with Crippen molar-refractivity contribution < 1.29 is 28.9 Å². The van der Waals surface area contributed by atoms with E-state index in [0.29, 0.717) is 45.0 Å². The largest absolute Gasteiger partial charge is 0.508 e. The molecule has 0 aliphatic carbocycles. The summed E-state index contributed by atoms with van der Waals surface area (Å²) in [5.74, 6) is -0.325. The van der Waals surface area contributed by atoms with Crippen LogP contribution in [0.25, 0.3) is 0 Å². The monoisotopic (exact) mass is 493 g/mol. The lowest BCUT2D eigenvalue weighted by Crippen LogP contribution is -2.33. The summed E-state index contributed by atoms with van der Waals surface area (Å²) in [5, 5.41) is 10.1. The van der Waals surface area contributed by atoms with Gasteiger partial charge in [-0.05, 0) is 54.6 Å². The van der Waals surface area contributed by atoms with Gasteiger partial charge in [-0.1, -0.05) is 18.2 Å². The van der Waals surface area contributed by atoms with Crippen molar-refractivity contribution in [1.29, 1.82) is 0 Å². The Bertz CT molecular complexity index is 1630. The van der Waals surface area contributed by atoms with Crippen molar-refractivity contribution in [2.24, 2.45) is 16.5 Å². The zero-order chi connectivity index (χ0) is 25.7. The smallest absolute Gasteiger partial charge is 0.343 e. The molecule has 4 aromatic rings. The molecule has 4 aromatic carbocycles. The van der Waals surface area contributed by atoms with Gasteiger partial charge in [-0.25, -0.2) is 14.6 Å². The van der Waals surface area contributed by atoms with Crippen molar-refractivity contribution in [3.05, 3.63) is 113 Å². The van der Waals surface area contributed by atoms with Crippen LogP contribution >= 0.6 is 0 Å². The first-order valence-electron chi connectivity index (χ1n) is 11.3. The second-order valence-corrected chi connectivity index (χ2v) is 8.53. The van der Waals surface area contributed by atoms with E-state index < -0.39 is 17.5 Å². The second-order valence-electron chi connectivity index (χ2n) is 8.53. The number of hydrogen-bond donors (Lipinski definition) is 3. The Labute approximate surface area is 210 Å². The summed E-state index contributed by atoms with van der Waals surface area (Å²) < 4.78 is 17.7. The van der Waals surface area contributed by atoms with Crippen LogP contribution in [0.5, 0.6) is 23.0 Å². The van der Waals surface area contributed by atoms with E-state index in [0.717, 1.165) is 0 Å². The van der Waals surface area contributed by atoms with E-state index in [2.05, 4.69) is 4.99 Å². The summed E-state index contributed by atoms with van der Waals surface area (Å²) in [4.78, 5) is 29.6. The van der Waals surface area contributed by atoms with E-state index >= 15 is 0 Å². The number of phenolic OH excluding ortho intramolecular Hbond substituents is 1. The normalized spacial score (nSPS) is 16.6. The molecule has 182 valence electrons. The molecule has 37 heavy (non-hydrogen) atoms. The number of aromatic hydroxyl groups is 1. The predicted molar refractivity (Wildman–Crippen MR) is 133 cm³/mol. The highest BCUT2D eigenvalue weighted by molar-refractivity contribution is 5.97. The standard InChI is InChI=1S/C28H19N3O6/c29-27(30)31-16-7-5-15(6-8-16)25(33)35-18-10-12-22-24(14-18)36-23-13-17(32)9-11-21(23)28(22)20-4-2-1-3-19(20)26(34)37-28/h1-14,32H,(H4,29,30,31). The highest BCUT2D eigenvalue weighted by atomic mass is 16.6. The fraction of sp³-hybridized carbons (Fsp3) is 0.0357. The van der Waals surface area contributed by atoms with Gasteiger partial charge in [0.1, 0.15) is 23.0 Å². The van der Waals surface area contributed by atoms with Crippen LogP contribution in [0.1, 0.15) is 37.4 Å². The van der Waals surface area contributed by atoms with E-state index in [9.17, 15) is 14.7 Å². The molecule has 0 amide bonds. The van der Waals surface area contributed by atoms with Crippen LogP contribution in [0, 0.1) is 0 Å². The number of aliphatic imine (C=N–C) groups is 1. The minimum Gasteiger partial charge on any atom is -0.508 e. The molecule has 0 fully saturated rings. The SMILES string of the molecule is NC(N)=Nc1ccc(C(=O)Oc2ccc3c(c2)Oc2cc(O)ccc2C32OC(=O)c3ccccc32)cc1. The molecular weight excluding hydrogens is 474 g/mol. The van der Waals surface area contributed by atoms with Crippen molar-refractivity contribution in [2.45, 2.75) is 5.60 Å². The first kappa shape index (κ1) is 22.2. The van der Waals surface area contributed by atoms with Crippen molar-refractivity contribution >= 4 is 23.6 Å². The molecule has 1 spiro atoms. The molecular formula is C28H19N3O6. The number of phenols is 1. The maximum atomic E-state index is 12.9. The molecule has 2 aliphatic heterocycles. The average Bonchev–Trinajstić information content (AvgIpc) is 3.17. The molecule has 0 saturated carbocycles. The van der Waals surface area contributed by atoms with Crippen LogP contribution in [0.15, 0.2) is 89.9 Å². The summed E-state index contributed by atoms with van der Waals surface area (Å²) in [6.07, 6.45) is 0. The van der Waals surface area contributed by atoms with Gasteiger partial charge >= 0.3 is 11.9 Å². The van der Waals surface area contributed by atoms with E-state index in [1.807, 2.05) is 12.1 Å². The van der Waals surface area contributed by atoms with Gasteiger partial charge in [0, 0.05) is 28.8 Å². The number of nitrogens with zero attached hydrogens (tertiary/aromatic N) is 1. The van der Waals surface area contributed by atoms with E-state index in [-0.39, 0.29) is 17.5 Å². The number of nitrogens with two attached hydrogens (primary N) is 2. The van der Waals surface area contributed by atoms with Gasteiger partial charge in [-0.3, -0.25) is 0 Å². The van der Waals surface area contributed by atoms with Crippen LogP contribution in [-0.2, 0) is 10.3 Å². The van der Waals surface area contributed by atoms with Gasteiger partial charge in [0.2, 0.25) is 0 Å². The lowest BCUT2D eigenvalue weighted by molar-refractivity contribution is 0.0224. The summed E-state index contributed by atoms with van der Waals surface area (Å²) >= 11 is 0. The minimum absolute atomic E-state index is 0.0123. The zero-order valence-corrected chi connectivity index (χ0v) is 19.2. The van der Waals surface area contributed by atoms with Gasteiger partial charge in [0.15, 0.2) is 11.6 Å². The Morgan fingerprint density at radius 1 is 0.865 bits per heavy atom. The number of ether oxygens (including phenoxy) is 3. The molecule has 0 radical (unpaired) electrons. The maximum Gasteiger partial charge on any atom is 0.343 e. The third-order valence-electron chi connectivity index (χ3n) is 6.24. The number of rotatable bonds is 3. The van der Waals surface area contributed by atoms with Crippen LogP contribution in [-0.4, -0.2) is 23.0 Å². The molecule has 9 nitrogen and oxygen atoms in total. The van der Waals surface area contributed by atoms with E-state index in [1.165, 1.54) is 12.1 Å². The third-order valence-corrected chi connectivity index (χ3v) is 6.24. The molecule has 2 heterocycles. The topological polar surface area (TPSA) is 146 Å². The van der Waals surface area contributed by atoms with Crippen molar-refractivity contribution in [3.8, 4) is 23.0 Å². The first-order chi connectivity index (χ1) is 17.8. The molecule has 9 heteroatoms. The fourth-order valence-corrected chi connectivity index (χ4v) is 4.70. The summed E-state index contributed by atoms with van der Waals surface area (Å²) in [5.41, 5.74) is 12.5. The number of hydrogen-bond acceptors (Lipinski definition) is 7. The number of benzene rings is 4. The fourth-order valence-electron chi connectivity index (χ4n) is 4.70. The lowest BCUT2D eigenvalue weighted by Gasteiger charge is -2.36. The molecule has 0 saturated heterocycles. The Morgan fingerprint density at radius 2 is 1.57 bits per heavy atom. The van der Waals surface area contributed by atoms with Crippen LogP contribution in [0.4, 0.5) is 5.69 Å². The van der Waals surface area contributed by atoms with Crippen molar-refractivity contribution in [1.82, 2.24) is 0 Å². The van der Waals surface area contributed by atoms with Gasteiger partial charge in [-0.2, -0.15) is 0 Å². The molecule has 0 bridgehead atoms. The highest BCUT2D eigenvalue weighted by Gasteiger charge is 2.53. The zero-order valence-electron chi connectivity index (χ0n) is 19.2. The summed E-state index contributed by atoms with van der Waals surface area (Å²) in [6, 6.07) is 22.9. The van der Waals surface area contributed by atoms with Crippen LogP contribution in [0.2, 0.25) is 0 Å². The van der Waals surface area contributed by atoms with Gasteiger partial charge < -0.3 is 30.8 Å². The Morgan fingerprint density at radius 3 is 2.32 bits per heavy atom. The minimum atomic E-state index is -1.28. The number of esters is 2. The number of carbonyl (C=O) groups is 2. The number of fused-ring (bicyclic) bond motifs is 6. The Kier molecular flexibility index (Phi) is 4.87. The lowest BCUT2D eigenvalue weighted by atomic mass is 9.77. The van der Waals surface area contributed by atoms with Crippen molar-refractivity contribution in [2.75, 3.05) is 0 Å². The number of guanidine groups is 1. The summed E-state index contributed by atoms with van der Waals surface area (Å²) in [6.45, 7) is 0. The molecule has 1 unspecified atom stereocenters. The average molecular weight is 493 g/mol. The Hall–Kier alpha value is -5.31. The van der Waals surface area contributed by atoms with E-state index in [4.69, 9.17) is 25.7 Å². The second kappa shape index (κ2) is 8.13. The molecule has 5 N–H and O–H groups in total. The maximum absolute atomic E-state index is 12.9. The van der Waals surface area contributed by atoms with Gasteiger partial charge in [0.25, 0.3) is 0 Å². The highest BCUT2D eigenvalue weighted by Crippen LogP contribution is 2.56. The van der Waals surface area contributed by atoms with Crippen LogP contribution < -0.4 is 20.9 Å². The predicted octanol–water partition coefficient (Wildman–Crippen LogP) is 4.08. The molecule has 0 aromatic heterocycles. The molecule has 6 rings (SSSR count). The number of carbonyl (C=O) groups excluding carboxylic acids is 2. The quantitative estimate of drug-likeness (QED) is 0.167. The molecule has 1 atom stereocenters. The van der Waals surface area contributed by atoms with Crippen LogP contribution in [0.3, 0.4) is 0 Å². The summed E-state index contributed by atoms with van der Waals surface area (Å²) in [7, 11) is 0. The third kappa shape index (κ3) is 3.52.